The van der Waals surface area contributed by atoms with Crippen LogP contribution in [0, 0.1) is 19.7 Å². The second-order valence-corrected chi connectivity index (χ2v) is 3.36. The molecule has 2 aromatic rings. The van der Waals surface area contributed by atoms with Crippen molar-refractivity contribution >= 4 is 0 Å². The second-order valence-electron chi connectivity index (χ2n) is 3.36. The maximum atomic E-state index is 13.6. The van der Waals surface area contributed by atoms with Crippen molar-refractivity contribution in [2.45, 2.75) is 13.8 Å². The zero-order valence-corrected chi connectivity index (χ0v) is 8.13. The van der Waals surface area contributed by atoms with Crippen LogP contribution >= 0.6 is 0 Å². The predicted octanol–water partition coefficient (Wildman–Crippen LogP) is 2.83. The van der Waals surface area contributed by atoms with E-state index < -0.39 is 0 Å². The Morgan fingerprint density at radius 2 is 2.07 bits per heavy atom. The Labute approximate surface area is 81.8 Å². The van der Waals surface area contributed by atoms with Gasteiger partial charge in [-0.1, -0.05) is 12.1 Å². The molecule has 0 radical (unpaired) electrons. The zero-order chi connectivity index (χ0) is 10.1. The van der Waals surface area contributed by atoms with Crippen LogP contribution in [0.15, 0.2) is 24.5 Å². The number of H-pyrrole nitrogens is 1. The molecule has 0 amide bonds. The van der Waals surface area contributed by atoms with Crippen molar-refractivity contribution < 1.29 is 4.39 Å². The molecule has 0 atom stereocenters. The van der Waals surface area contributed by atoms with Crippen LogP contribution < -0.4 is 0 Å². The van der Waals surface area contributed by atoms with E-state index in [1.54, 1.807) is 32.3 Å². The number of aryl methyl sites for hydroxylation is 1. The SMILES string of the molecule is Cc1ccc(-c2cn[nH]c2)c(C)c1F. The lowest BCUT2D eigenvalue weighted by molar-refractivity contribution is 0.610. The normalized spacial score (nSPS) is 10.5. The summed E-state index contributed by atoms with van der Waals surface area (Å²) in [5.74, 6) is -0.135. The average Bonchev–Trinajstić information content (AvgIpc) is 2.67. The van der Waals surface area contributed by atoms with Gasteiger partial charge < -0.3 is 0 Å². The highest BCUT2D eigenvalue weighted by Crippen LogP contribution is 2.25. The van der Waals surface area contributed by atoms with Crippen molar-refractivity contribution in [3.63, 3.8) is 0 Å². The molecule has 0 unspecified atom stereocenters. The molecule has 0 saturated carbocycles. The van der Waals surface area contributed by atoms with Gasteiger partial charge in [-0.05, 0) is 30.5 Å². The van der Waals surface area contributed by atoms with Gasteiger partial charge in [-0.25, -0.2) is 4.39 Å². The van der Waals surface area contributed by atoms with Crippen LogP contribution in [0.1, 0.15) is 11.1 Å². The summed E-state index contributed by atoms with van der Waals surface area (Å²) in [4.78, 5) is 0. The molecule has 2 rings (SSSR count). The monoisotopic (exact) mass is 190 g/mol. The molecule has 2 nitrogen and oxygen atoms in total. The van der Waals surface area contributed by atoms with Gasteiger partial charge in [0.05, 0.1) is 6.20 Å². The Morgan fingerprint density at radius 1 is 1.29 bits per heavy atom. The fraction of sp³-hybridized carbons (Fsp3) is 0.182. The number of nitrogens with one attached hydrogen (secondary N) is 1. The molecular weight excluding hydrogens is 179 g/mol. The smallest absolute Gasteiger partial charge is 0.129 e. The van der Waals surface area contributed by atoms with Crippen molar-refractivity contribution in [3.05, 3.63) is 41.5 Å². The molecule has 72 valence electrons. The van der Waals surface area contributed by atoms with Crippen molar-refractivity contribution in [3.8, 4) is 11.1 Å². The number of aromatic nitrogens is 2. The number of rotatable bonds is 1. The Morgan fingerprint density at radius 3 is 2.71 bits per heavy atom. The number of nitrogens with zero attached hydrogens (tertiary/aromatic N) is 1. The summed E-state index contributed by atoms with van der Waals surface area (Å²) < 4.78 is 13.6. The van der Waals surface area contributed by atoms with E-state index in [0.29, 0.717) is 11.1 Å². The minimum atomic E-state index is -0.135. The van der Waals surface area contributed by atoms with Gasteiger partial charge in [0.2, 0.25) is 0 Å². The van der Waals surface area contributed by atoms with Gasteiger partial charge in [0.1, 0.15) is 5.82 Å². The van der Waals surface area contributed by atoms with Crippen LogP contribution in [0.3, 0.4) is 0 Å². The van der Waals surface area contributed by atoms with Crippen LogP contribution in [0.2, 0.25) is 0 Å². The summed E-state index contributed by atoms with van der Waals surface area (Å²) in [6.45, 7) is 3.55. The lowest BCUT2D eigenvalue weighted by Crippen LogP contribution is -1.90. The fourth-order valence-electron chi connectivity index (χ4n) is 1.53. The van der Waals surface area contributed by atoms with Gasteiger partial charge in [0, 0.05) is 11.8 Å². The zero-order valence-electron chi connectivity index (χ0n) is 8.13. The molecule has 1 aromatic heterocycles. The molecule has 0 saturated heterocycles. The van der Waals surface area contributed by atoms with E-state index in [1.165, 1.54) is 0 Å². The maximum Gasteiger partial charge on any atom is 0.129 e. The first-order chi connectivity index (χ1) is 6.70. The van der Waals surface area contributed by atoms with Gasteiger partial charge in [0.25, 0.3) is 0 Å². The fourth-order valence-corrected chi connectivity index (χ4v) is 1.53. The highest BCUT2D eigenvalue weighted by Gasteiger charge is 2.08. The number of hydrogen-bond donors (Lipinski definition) is 1. The van der Waals surface area contributed by atoms with Gasteiger partial charge in [-0.15, -0.1) is 0 Å². The number of benzene rings is 1. The maximum absolute atomic E-state index is 13.6. The Bertz CT molecular complexity index is 447. The van der Waals surface area contributed by atoms with E-state index >= 15 is 0 Å². The predicted molar refractivity (Wildman–Crippen MR) is 53.5 cm³/mol. The first-order valence-corrected chi connectivity index (χ1v) is 4.45. The Kier molecular flexibility index (Phi) is 2.08. The summed E-state index contributed by atoms with van der Waals surface area (Å²) in [6.07, 6.45) is 3.45. The van der Waals surface area contributed by atoms with Gasteiger partial charge in [-0.2, -0.15) is 5.10 Å². The molecule has 0 aliphatic carbocycles. The second kappa shape index (κ2) is 3.25. The Hall–Kier alpha value is -1.64. The highest BCUT2D eigenvalue weighted by atomic mass is 19.1. The lowest BCUT2D eigenvalue weighted by atomic mass is 10.0. The first-order valence-electron chi connectivity index (χ1n) is 4.45. The van der Waals surface area contributed by atoms with Gasteiger partial charge >= 0.3 is 0 Å². The summed E-state index contributed by atoms with van der Waals surface area (Å²) in [5.41, 5.74) is 3.16. The molecule has 0 aliphatic heterocycles. The van der Waals surface area contributed by atoms with Crippen LogP contribution in [0.4, 0.5) is 4.39 Å². The minimum absolute atomic E-state index is 0.135. The largest absolute Gasteiger partial charge is 0.285 e. The first kappa shape index (κ1) is 8.94. The lowest BCUT2D eigenvalue weighted by Gasteiger charge is -2.06. The molecule has 0 bridgehead atoms. The van der Waals surface area contributed by atoms with Gasteiger partial charge in [-0.3, -0.25) is 5.10 Å². The highest BCUT2D eigenvalue weighted by molar-refractivity contribution is 5.66. The molecule has 1 N–H and O–H groups in total. The topological polar surface area (TPSA) is 28.7 Å². The molecule has 3 heteroatoms. The molecular formula is C11H11FN2. The van der Waals surface area contributed by atoms with E-state index in [-0.39, 0.29) is 5.82 Å². The van der Waals surface area contributed by atoms with E-state index in [1.807, 2.05) is 6.07 Å². The van der Waals surface area contributed by atoms with Crippen molar-refractivity contribution in [1.29, 1.82) is 0 Å². The third-order valence-corrected chi connectivity index (χ3v) is 2.39. The average molecular weight is 190 g/mol. The van der Waals surface area contributed by atoms with Crippen molar-refractivity contribution in [2.24, 2.45) is 0 Å². The molecule has 0 fully saturated rings. The molecule has 14 heavy (non-hydrogen) atoms. The van der Waals surface area contributed by atoms with E-state index in [0.717, 1.165) is 11.1 Å². The van der Waals surface area contributed by atoms with Crippen molar-refractivity contribution in [2.75, 3.05) is 0 Å². The number of hydrogen-bond acceptors (Lipinski definition) is 1. The third kappa shape index (κ3) is 1.31. The summed E-state index contributed by atoms with van der Waals surface area (Å²) in [5, 5.41) is 6.56. The van der Waals surface area contributed by atoms with E-state index in [2.05, 4.69) is 10.2 Å². The van der Waals surface area contributed by atoms with Crippen LogP contribution in [-0.4, -0.2) is 10.2 Å². The molecule has 1 aromatic carbocycles. The quantitative estimate of drug-likeness (QED) is 0.736. The number of aromatic amines is 1. The van der Waals surface area contributed by atoms with Crippen LogP contribution in [0.5, 0.6) is 0 Å². The van der Waals surface area contributed by atoms with Crippen LogP contribution in [-0.2, 0) is 0 Å². The van der Waals surface area contributed by atoms with Crippen LogP contribution in [0.25, 0.3) is 11.1 Å². The van der Waals surface area contributed by atoms with Crippen molar-refractivity contribution in [1.82, 2.24) is 10.2 Å². The number of halogens is 1. The molecule has 0 aliphatic rings. The molecule has 1 heterocycles. The summed E-state index contributed by atoms with van der Waals surface area (Å²) in [7, 11) is 0. The van der Waals surface area contributed by atoms with Gasteiger partial charge in [0.15, 0.2) is 0 Å². The third-order valence-electron chi connectivity index (χ3n) is 2.39. The van der Waals surface area contributed by atoms with E-state index in [4.69, 9.17) is 0 Å². The minimum Gasteiger partial charge on any atom is -0.285 e. The standard InChI is InChI=1S/C11H11FN2/c1-7-3-4-10(8(2)11(7)12)9-5-13-14-6-9/h3-6H,1-2H3,(H,13,14). The Balaban J connectivity index is 2.61. The summed E-state index contributed by atoms with van der Waals surface area (Å²) >= 11 is 0. The summed E-state index contributed by atoms with van der Waals surface area (Å²) in [6, 6.07) is 3.70. The molecule has 0 spiro atoms. The van der Waals surface area contributed by atoms with E-state index in [9.17, 15) is 4.39 Å².